The van der Waals surface area contributed by atoms with Crippen LogP contribution in [0.15, 0.2) is 23.2 Å². The molecule has 3 atom stereocenters. The van der Waals surface area contributed by atoms with Crippen molar-refractivity contribution in [2.75, 3.05) is 25.6 Å². The molecule has 0 aromatic heterocycles. The average molecular weight is 327 g/mol. The van der Waals surface area contributed by atoms with E-state index in [1.807, 2.05) is 6.92 Å². The number of hydrogen-bond donors (Lipinski definition) is 2. The molecular weight excluding hydrogens is 308 g/mol. The summed E-state index contributed by atoms with van der Waals surface area (Å²) in [4.78, 5) is 4.31. The third kappa shape index (κ3) is 2.27. The third-order valence-electron chi connectivity index (χ3n) is 4.43. The number of anilines is 1. The number of alkyl halides is 1. The molecule has 0 radical (unpaired) electrons. The highest BCUT2D eigenvalue weighted by molar-refractivity contribution is 8.15. The minimum atomic E-state index is -1.30. The predicted octanol–water partition coefficient (Wildman–Crippen LogP) is 2.43. The lowest BCUT2D eigenvalue weighted by molar-refractivity contribution is 0.134. The number of fused-ring (bicyclic) bond motifs is 1. The molecule has 0 saturated heterocycles. The maximum Gasteiger partial charge on any atom is 0.155 e. The molecule has 1 fully saturated rings. The van der Waals surface area contributed by atoms with Crippen molar-refractivity contribution in [3.63, 3.8) is 0 Å². The number of nitrogen functional groups attached to an aromatic ring is 1. The zero-order chi connectivity index (χ0) is 16.0. The maximum absolute atomic E-state index is 14.3. The molecule has 2 aliphatic rings. The van der Waals surface area contributed by atoms with Crippen LogP contribution in [0.2, 0.25) is 0 Å². The van der Waals surface area contributed by atoms with Crippen LogP contribution in [0, 0.1) is 11.7 Å². The Hall–Kier alpha value is -1.34. The first-order valence-corrected chi connectivity index (χ1v) is 8.02. The number of benzene rings is 1. The first-order chi connectivity index (χ1) is 10.5. The number of halogens is 2. The van der Waals surface area contributed by atoms with E-state index in [9.17, 15) is 8.78 Å². The number of nitrogens with two attached hydrogens (primary N) is 2. The normalized spacial score (nSPS) is 33.2. The van der Waals surface area contributed by atoms with Gasteiger partial charge in [0.2, 0.25) is 0 Å². The standard InChI is InChI=1S/C15H19F2N3OS/c1-2-21-8-14-6-12(14)15(7-16,20-13(19)22-14)10-5-9(18)3-4-11(10)17/h3-5,12H,2,6-8,18H2,1H3,(H2,19,20)/t12-,14-,15-/m1/s1. The van der Waals surface area contributed by atoms with Gasteiger partial charge in [0.25, 0.3) is 0 Å². The van der Waals surface area contributed by atoms with Crippen LogP contribution < -0.4 is 11.5 Å². The summed E-state index contributed by atoms with van der Waals surface area (Å²) in [5, 5.41) is 0.271. The van der Waals surface area contributed by atoms with E-state index in [1.165, 1.54) is 30.0 Å². The lowest BCUT2D eigenvalue weighted by Crippen LogP contribution is -2.41. The molecule has 0 amide bonds. The van der Waals surface area contributed by atoms with Crippen molar-refractivity contribution in [3.8, 4) is 0 Å². The quantitative estimate of drug-likeness (QED) is 0.815. The number of hydrogen-bond acceptors (Lipinski definition) is 5. The minimum absolute atomic E-state index is 0.148. The molecule has 7 heteroatoms. The van der Waals surface area contributed by atoms with Gasteiger partial charge < -0.3 is 16.2 Å². The van der Waals surface area contributed by atoms with Crippen molar-refractivity contribution >= 4 is 22.6 Å². The van der Waals surface area contributed by atoms with Crippen LogP contribution >= 0.6 is 11.8 Å². The largest absolute Gasteiger partial charge is 0.399 e. The second-order valence-electron chi connectivity index (χ2n) is 5.81. The Morgan fingerprint density at radius 3 is 2.91 bits per heavy atom. The third-order valence-corrected chi connectivity index (χ3v) is 5.71. The summed E-state index contributed by atoms with van der Waals surface area (Å²) < 4.78 is 33.6. The van der Waals surface area contributed by atoms with Gasteiger partial charge in [-0.25, -0.2) is 13.8 Å². The summed E-state index contributed by atoms with van der Waals surface area (Å²) in [6, 6.07) is 4.17. The van der Waals surface area contributed by atoms with E-state index < -0.39 is 18.0 Å². The summed E-state index contributed by atoms with van der Waals surface area (Å²) in [6.45, 7) is 2.12. The average Bonchev–Trinajstić information content (AvgIpc) is 3.21. The van der Waals surface area contributed by atoms with E-state index in [4.69, 9.17) is 16.2 Å². The van der Waals surface area contributed by atoms with E-state index in [0.717, 1.165) is 0 Å². The molecule has 0 bridgehead atoms. The summed E-state index contributed by atoms with van der Waals surface area (Å²) in [5.74, 6) is -0.655. The summed E-state index contributed by atoms with van der Waals surface area (Å²) in [7, 11) is 0. The van der Waals surface area contributed by atoms with Crippen LogP contribution in [0.25, 0.3) is 0 Å². The topological polar surface area (TPSA) is 73.6 Å². The van der Waals surface area contributed by atoms with Gasteiger partial charge in [-0.15, -0.1) is 0 Å². The van der Waals surface area contributed by atoms with Crippen LogP contribution in [0.5, 0.6) is 0 Å². The van der Waals surface area contributed by atoms with E-state index in [0.29, 0.717) is 25.3 Å². The first kappa shape index (κ1) is 15.6. The van der Waals surface area contributed by atoms with Crippen LogP contribution in [-0.2, 0) is 10.3 Å². The molecule has 1 aliphatic carbocycles. The van der Waals surface area contributed by atoms with Crippen molar-refractivity contribution in [1.82, 2.24) is 0 Å². The maximum atomic E-state index is 14.3. The monoisotopic (exact) mass is 327 g/mol. The van der Waals surface area contributed by atoms with Crippen LogP contribution in [-0.4, -0.2) is 29.8 Å². The predicted molar refractivity (Wildman–Crippen MR) is 85.0 cm³/mol. The Bertz CT molecular complexity index is 627. The fourth-order valence-electron chi connectivity index (χ4n) is 3.29. The van der Waals surface area contributed by atoms with Gasteiger partial charge in [-0.05, 0) is 31.5 Å². The second-order valence-corrected chi connectivity index (χ2v) is 7.24. The summed E-state index contributed by atoms with van der Waals surface area (Å²) in [5.41, 5.74) is 10.9. The molecule has 1 aromatic carbocycles. The van der Waals surface area contributed by atoms with Crippen molar-refractivity contribution in [2.45, 2.75) is 23.6 Å². The SMILES string of the molecule is CCOC[C@]12C[C@H]1[C@@](CF)(c1cc(N)ccc1F)N=C(N)S2. The van der Waals surface area contributed by atoms with Crippen molar-refractivity contribution < 1.29 is 13.5 Å². The van der Waals surface area contributed by atoms with Crippen molar-refractivity contribution in [2.24, 2.45) is 16.6 Å². The molecule has 120 valence electrons. The number of thioether (sulfide) groups is 1. The van der Waals surface area contributed by atoms with Crippen LogP contribution in [0.3, 0.4) is 0 Å². The Labute approximate surface area is 132 Å². The number of aliphatic imine (C=N–C) groups is 1. The minimum Gasteiger partial charge on any atom is -0.399 e. The van der Waals surface area contributed by atoms with E-state index >= 15 is 0 Å². The number of nitrogens with zero attached hydrogens (tertiary/aromatic N) is 1. The summed E-state index contributed by atoms with van der Waals surface area (Å²) >= 11 is 1.41. The van der Waals surface area contributed by atoms with Crippen molar-refractivity contribution in [1.29, 1.82) is 0 Å². The first-order valence-electron chi connectivity index (χ1n) is 7.21. The Kier molecular flexibility index (Phi) is 3.81. The fraction of sp³-hybridized carbons (Fsp3) is 0.533. The zero-order valence-corrected chi connectivity index (χ0v) is 13.1. The Balaban J connectivity index is 2.06. The number of amidine groups is 1. The number of rotatable bonds is 5. The Morgan fingerprint density at radius 1 is 1.45 bits per heavy atom. The Morgan fingerprint density at radius 2 is 2.23 bits per heavy atom. The molecule has 0 unspecified atom stereocenters. The zero-order valence-electron chi connectivity index (χ0n) is 12.3. The highest BCUT2D eigenvalue weighted by Gasteiger charge is 2.68. The van der Waals surface area contributed by atoms with Gasteiger partial charge in [-0.1, -0.05) is 11.8 Å². The molecule has 3 rings (SSSR count). The molecule has 22 heavy (non-hydrogen) atoms. The van der Waals surface area contributed by atoms with Gasteiger partial charge in [0, 0.05) is 23.8 Å². The van der Waals surface area contributed by atoms with E-state index in [2.05, 4.69) is 4.99 Å². The molecule has 1 heterocycles. The van der Waals surface area contributed by atoms with Crippen LogP contribution in [0.4, 0.5) is 14.5 Å². The summed E-state index contributed by atoms with van der Waals surface area (Å²) in [6.07, 6.45) is 0.694. The molecule has 1 aliphatic heterocycles. The molecular formula is C15H19F2N3OS. The highest BCUT2D eigenvalue weighted by Crippen LogP contribution is 2.66. The van der Waals surface area contributed by atoms with Gasteiger partial charge >= 0.3 is 0 Å². The highest BCUT2D eigenvalue weighted by atomic mass is 32.2. The van der Waals surface area contributed by atoms with Crippen LogP contribution in [0.1, 0.15) is 18.9 Å². The van der Waals surface area contributed by atoms with Gasteiger partial charge in [-0.2, -0.15) is 0 Å². The lowest BCUT2D eigenvalue weighted by Gasteiger charge is -2.35. The van der Waals surface area contributed by atoms with Gasteiger partial charge in [0.1, 0.15) is 18.0 Å². The van der Waals surface area contributed by atoms with Gasteiger partial charge in [-0.3, -0.25) is 0 Å². The number of ether oxygens (including phenoxy) is 1. The van der Waals surface area contributed by atoms with Crippen molar-refractivity contribution in [3.05, 3.63) is 29.6 Å². The molecule has 1 aromatic rings. The van der Waals surface area contributed by atoms with Gasteiger partial charge in [0.05, 0.1) is 11.4 Å². The molecule has 4 nitrogen and oxygen atoms in total. The second kappa shape index (κ2) is 5.38. The van der Waals surface area contributed by atoms with Gasteiger partial charge in [0.15, 0.2) is 5.17 Å². The smallest absolute Gasteiger partial charge is 0.155 e. The molecule has 1 saturated carbocycles. The molecule has 0 spiro atoms. The van der Waals surface area contributed by atoms with E-state index in [-0.39, 0.29) is 21.4 Å². The molecule has 4 N–H and O–H groups in total. The van der Waals surface area contributed by atoms with E-state index in [1.54, 1.807) is 0 Å². The lowest BCUT2D eigenvalue weighted by atomic mass is 9.84. The fourth-order valence-corrected chi connectivity index (χ4v) is 4.64.